The third-order valence-electron chi connectivity index (χ3n) is 1.89. The number of nitrogens with zero attached hydrogens (tertiary/aromatic N) is 2. The molecule has 0 atom stereocenters. The van der Waals surface area contributed by atoms with Crippen molar-refractivity contribution >= 4 is 7.05 Å². The van der Waals surface area contributed by atoms with Gasteiger partial charge >= 0.3 is 7.05 Å². The predicted molar refractivity (Wildman–Crippen MR) is 44.7 cm³/mol. The van der Waals surface area contributed by atoms with Crippen LogP contribution < -0.4 is 0 Å². The van der Waals surface area contributed by atoms with E-state index in [9.17, 15) is 0 Å². The van der Waals surface area contributed by atoms with E-state index in [1.807, 2.05) is 10.9 Å². The van der Waals surface area contributed by atoms with Crippen molar-refractivity contribution in [3.8, 4) is 0 Å². The fraction of sp³-hybridized carbons (Fsp3) is 0.571. The Balaban J connectivity index is 2.49. The Morgan fingerprint density at radius 1 is 1.82 bits per heavy atom. The lowest BCUT2D eigenvalue weighted by molar-refractivity contribution is 0.385. The van der Waals surface area contributed by atoms with Crippen LogP contribution in [0.15, 0.2) is 11.8 Å². The summed E-state index contributed by atoms with van der Waals surface area (Å²) in [6.07, 6.45) is 2.65. The molecular weight excluding hydrogens is 139 g/mol. The van der Waals surface area contributed by atoms with E-state index in [4.69, 9.17) is 11.6 Å². The van der Waals surface area contributed by atoms with E-state index in [0.717, 1.165) is 18.7 Å². The van der Waals surface area contributed by atoms with Gasteiger partial charge in [0.2, 0.25) is 0 Å². The van der Waals surface area contributed by atoms with E-state index < -0.39 is 7.05 Å². The maximum Gasteiger partial charge on any atom is 0.376 e. The topological polar surface area (TPSA) is 27.8 Å². The Bertz CT molecular complexity index is 207. The van der Waals surface area contributed by atoms with Crippen molar-refractivity contribution in [2.45, 2.75) is 13.2 Å². The van der Waals surface area contributed by atoms with Gasteiger partial charge in [-0.25, -0.2) is 4.85 Å². The van der Waals surface area contributed by atoms with Crippen molar-refractivity contribution in [3.05, 3.63) is 23.2 Å². The van der Waals surface area contributed by atoms with Gasteiger partial charge in [-0.2, -0.15) is 0 Å². The molecule has 0 aromatic heterocycles. The largest absolute Gasteiger partial charge is 0.437 e. The van der Waals surface area contributed by atoms with Crippen LogP contribution in [-0.2, 0) is 0 Å². The molecule has 1 N–H and O–H groups in total. The van der Waals surface area contributed by atoms with Crippen molar-refractivity contribution in [2.75, 3.05) is 13.1 Å². The van der Waals surface area contributed by atoms with Crippen LogP contribution in [-0.4, -0.2) is 30.0 Å². The van der Waals surface area contributed by atoms with Crippen LogP contribution in [0.2, 0.25) is 6.82 Å². The van der Waals surface area contributed by atoms with Crippen molar-refractivity contribution in [1.29, 1.82) is 0 Å². The van der Waals surface area contributed by atoms with Crippen LogP contribution in [0.25, 0.3) is 4.85 Å². The van der Waals surface area contributed by atoms with E-state index in [2.05, 4.69) is 4.85 Å². The zero-order chi connectivity index (χ0) is 8.27. The Hall–Kier alpha value is -0.785. The maximum absolute atomic E-state index is 9.16. The zero-order valence-electron chi connectivity index (χ0n) is 6.62. The van der Waals surface area contributed by atoms with Gasteiger partial charge in [0.05, 0.1) is 6.57 Å². The third kappa shape index (κ3) is 2.07. The molecule has 0 amide bonds. The molecule has 11 heavy (non-hydrogen) atoms. The highest BCUT2D eigenvalue weighted by molar-refractivity contribution is 6.45. The van der Waals surface area contributed by atoms with Gasteiger partial charge in [0, 0.05) is 0 Å². The van der Waals surface area contributed by atoms with Crippen LogP contribution in [0.1, 0.15) is 6.42 Å². The average Bonchev–Trinajstić information content (AvgIpc) is 2.05. The SMILES string of the molecule is [C-]#[N+]C1=CCN(B(C)O)CC1. The van der Waals surface area contributed by atoms with E-state index in [0.29, 0.717) is 6.54 Å². The minimum Gasteiger partial charge on any atom is -0.437 e. The van der Waals surface area contributed by atoms with Crippen LogP contribution in [0, 0.1) is 6.57 Å². The molecule has 0 saturated carbocycles. The first kappa shape index (κ1) is 8.31. The summed E-state index contributed by atoms with van der Waals surface area (Å²) in [6, 6.07) is 0. The lowest BCUT2D eigenvalue weighted by atomic mass is 9.84. The smallest absolute Gasteiger partial charge is 0.376 e. The quantitative estimate of drug-likeness (QED) is 0.438. The molecule has 1 heterocycles. The first-order valence-corrected chi connectivity index (χ1v) is 3.72. The Labute approximate surface area is 67.3 Å². The first-order valence-electron chi connectivity index (χ1n) is 3.72. The normalized spacial score (nSPS) is 18.8. The molecule has 0 fully saturated rings. The van der Waals surface area contributed by atoms with E-state index in [1.165, 1.54) is 0 Å². The molecule has 0 aromatic carbocycles. The van der Waals surface area contributed by atoms with Crippen molar-refractivity contribution in [2.24, 2.45) is 0 Å². The maximum atomic E-state index is 9.16. The number of hydrogen-bond acceptors (Lipinski definition) is 2. The van der Waals surface area contributed by atoms with Crippen molar-refractivity contribution < 1.29 is 5.02 Å². The number of hydrogen-bond donors (Lipinski definition) is 1. The molecule has 0 bridgehead atoms. The van der Waals surface area contributed by atoms with Crippen LogP contribution >= 0.6 is 0 Å². The van der Waals surface area contributed by atoms with Crippen LogP contribution in [0.3, 0.4) is 0 Å². The molecule has 1 aliphatic rings. The summed E-state index contributed by atoms with van der Waals surface area (Å²) < 4.78 is 0. The lowest BCUT2D eigenvalue weighted by Gasteiger charge is -2.24. The standard InChI is InChI=1S/C7H11BN2O/c1-8(11)10-5-3-7(9-2)4-6-10/h3,11H,4-6H2,1H3. The van der Waals surface area contributed by atoms with Gasteiger partial charge in [-0.15, -0.1) is 0 Å². The molecule has 3 nitrogen and oxygen atoms in total. The molecule has 0 saturated heterocycles. The second-order valence-electron chi connectivity index (χ2n) is 2.68. The highest BCUT2D eigenvalue weighted by atomic mass is 16.2. The van der Waals surface area contributed by atoms with Gasteiger partial charge in [-0.05, 0) is 26.3 Å². The third-order valence-corrected chi connectivity index (χ3v) is 1.89. The summed E-state index contributed by atoms with van der Waals surface area (Å²) in [4.78, 5) is 5.27. The lowest BCUT2D eigenvalue weighted by Crippen LogP contribution is -2.39. The Kier molecular flexibility index (Phi) is 2.69. The van der Waals surface area contributed by atoms with Gasteiger partial charge in [0.15, 0.2) is 5.70 Å². The van der Waals surface area contributed by atoms with E-state index >= 15 is 0 Å². The molecule has 0 spiro atoms. The average molecular weight is 150 g/mol. The second kappa shape index (κ2) is 3.56. The summed E-state index contributed by atoms with van der Waals surface area (Å²) in [5.74, 6) is 0. The Morgan fingerprint density at radius 2 is 2.55 bits per heavy atom. The zero-order valence-corrected chi connectivity index (χ0v) is 6.62. The molecule has 0 unspecified atom stereocenters. The van der Waals surface area contributed by atoms with Gasteiger partial charge in [-0.3, -0.25) is 0 Å². The summed E-state index contributed by atoms with van der Waals surface area (Å²) in [5, 5.41) is 9.16. The van der Waals surface area contributed by atoms with Gasteiger partial charge in [0.1, 0.15) is 0 Å². The minimum atomic E-state index is -0.390. The molecule has 0 aromatic rings. The van der Waals surface area contributed by atoms with Gasteiger partial charge in [-0.1, -0.05) is 6.08 Å². The summed E-state index contributed by atoms with van der Waals surface area (Å²) in [5.41, 5.74) is 0.821. The van der Waals surface area contributed by atoms with Crippen LogP contribution in [0.4, 0.5) is 0 Å². The van der Waals surface area contributed by atoms with E-state index in [-0.39, 0.29) is 0 Å². The summed E-state index contributed by atoms with van der Waals surface area (Å²) in [7, 11) is -0.390. The Morgan fingerprint density at radius 3 is 2.91 bits per heavy atom. The first-order chi connectivity index (χ1) is 5.24. The molecule has 58 valence electrons. The molecule has 0 aliphatic carbocycles. The molecule has 1 rings (SSSR count). The molecule has 0 radical (unpaired) electrons. The van der Waals surface area contributed by atoms with Crippen LogP contribution in [0.5, 0.6) is 0 Å². The second-order valence-corrected chi connectivity index (χ2v) is 2.68. The highest BCUT2D eigenvalue weighted by Crippen LogP contribution is 2.11. The van der Waals surface area contributed by atoms with Crippen molar-refractivity contribution in [3.63, 3.8) is 0 Å². The predicted octanol–water partition coefficient (Wildman–Crippen LogP) is 0.606. The summed E-state index contributed by atoms with van der Waals surface area (Å²) >= 11 is 0. The van der Waals surface area contributed by atoms with E-state index in [1.54, 1.807) is 6.82 Å². The van der Waals surface area contributed by atoms with Gasteiger partial charge in [0.25, 0.3) is 0 Å². The number of rotatable bonds is 1. The molecule has 4 heteroatoms. The molecule has 1 aliphatic heterocycles. The highest BCUT2D eigenvalue weighted by Gasteiger charge is 2.18. The van der Waals surface area contributed by atoms with Gasteiger partial charge < -0.3 is 9.83 Å². The molecular formula is C7H11BN2O. The van der Waals surface area contributed by atoms with Crippen molar-refractivity contribution in [1.82, 2.24) is 4.81 Å². The monoisotopic (exact) mass is 150 g/mol. The fourth-order valence-corrected chi connectivity index (χ4v) is 1.12. The summed E-state index contributed by atoms with van der Waals surface area (Å²) in [6.45, 7) is 9.99. The minimum absolute atomic E-state index is 0.390. The fourth-order valence-electron chi connectivity index (χ4n) is 1.12.